The van der Waals surface area contributed by atoms with Crippen molar-refractivity contribution in [2.45, 2.75) is 18.8 Å². The van der Waals surface area contributed by atoms with Crippen LogP contribution < -0.4 is 9.80 Å². The highest BCUT2D eigenvalue weighted by Gasteiger charge is 2.31. The maximum Gasteiger partial charge on any atom is 0.278 e. The second kappa shape index (κ2) is 9.41. The third-order valence-corrected chi connectivity index (χ3v) is 7.68. The molecule has 1 aromatic carbocycles. The minimum absolute atomic E-state index is 0.158. The number of hydrogen-bond donors (Lipinski definition) is 2. The Kier molecular flexibility index (Phi) is 6.65. The Balaban J connectivity index is 1.21. The van der Waals surface area contributed by atoms with Crippen molar-refractivity contribution in [3.05, 3.63) is 29.3 Å². The van der Waals surface area contributed by atoms with E-state index in [1.54, 1.807) is 19.0 Å². The van der Waals surface area contributed by atoms with Crippen LogP contribution in [0.4, 0.5) is 0 Å². The first-order valence-electron chi connectivity index (χ1n) is 11.0. The van der Waals surface area contributed by atoms with Crippen molar-refractivity contribution < 1.29 is 19.4 Å². The normalized spacial score (nSPS) is 22.9. The second-order valence-electron chi connectivity index (χ2n) is 8.82. The van der Waals surface area contributed by atoms with Gasteiger partial charge in [-0.2, -0.15) is 0 Å². The lowest BCUT2D eigenvalue weighted by Gasteiger charge is -2.34. The Hall–Kier alpha value is -2.03. The molecule has 2 aliphatic heterocycles. The van der Waals surface area contributed by atoms with Crippen LogP contribution in [0.25, 0.3) is 10.2 Å². The molecule has 2 N–H and O–H groups in total. The van der Waals surface area contributed by atoms with Crippen LogP contribution in [0.5, 0.6) is 0 Å². The van der Waals surface area contributed by atoms with Gasteiger partial charge in [-0.25, -0.2) is 4.98 Å². The number of quaternary nitrogens is 2. The number of carbonyl (C=O) groups is 2. The standard InChI is InChI=1S/C22H31N5O2S/c1-24(2)20(28)15-26-11-13-27(14-12-26)21(29)16-25-9-7-17(8-10-25)22-23-18-5-3-4-6-19(18)30-22/h3-6,17H,7-16H2,1-2H3/p+2. The number of para-hydroxylation sites is 1. The van der Waals surface area contributed by atoms with Crippen LogP contribution in [-0.2, 0) is 9.59 Å². The fraction of sp³-hybridized carbons (Fsp3) is 0.591. The first kappa shape index (κ1) is 21.2. The van der Waals surface area contributed by atoms with Crippen molar-refractivity contribution in [3.8, 4) is 0 Å². The van der Waals surface area contributed by atoms with Crippen molar-refractivity contribution in [1.29, 1.82) is 0 Å². The molecule has 0 saturated carbocycles. The van der Waals surface area contributed by atoms with Gasteiger partial charge < -0.3 is 19.6 Å². The van der Waals surface area contributed by atoms with E-state index in [4.69, 9.17) is 4.98 Å². The predicted molar refractivity (Wildman–Crippen MR) is 118 cm³/mol. The van der Waals surface area contributed by atoms with Gasteiger partial charge in [-0.15, -0.1) is 11.3 Å². The quantitative estimate of drug-likeness (QED) is 0.630. The molecule has 2 fully saturated rings. The Labute approximate surface area is 182 Å². The Morgan fingerprint density at radius 3 is 2.40 bits per heavy atom. The van der Waals surface area contributed by atoms with E-state index in [0.29, 0.717) is 19.0 Å². The molecule has 3 heterocycles. The van der Waals surface area contributed by atoms with Gasteiger partial charge in [-0.3, -0.25) is 9.59 Å². The maximum atomic E-state index is 12.8. The van der Waals surface area contributed by atoms with E-state index in [-0.39, 0.29) is 11.8 Å². The molecule has 4 rings (SSSR count). The third kappa shape index (κ3) is 4.99. The molecule has 8 heteroatoms. The fourth-order valence-electron chi connectivity index (χ4n) is 4.46. The lowest BCUT2D eigenvalue weighted by molar-refractivity contribution is -0.900. The summed E-state index contributed by atoms with van der Waals surface area (Å²) in [5.74, 6) is 0.953. The number of nitrogens with one attached hydrogen (secondary N) is 2. The van der Waals surface area contributed by atoms with Gasteiger partial charge >= 0.3 is 0 Å². The zero-order chi connectivity index (χ0) is 21.1. The number of rotatable bonds is 5. The van der Waals surface area contributed by atoms with Crippen molar-refractivity contribution >= 4 is 33.4 Å². The molecule has 30 heavy (non-hydrogen) atoms. The highest BCUT2D eigenvalue weighted by atomic mass is 32.1. The summed E-state index contributed by atoms with van der Waals surface area (Å²) in [6.45, 7) is 6.44. The molecule has 1 aromatic heterocycles. The number of carbonyl (C=O) groups excluding carboxylic acids is 2. The summed E-state index contributed by atoms with van der Waals surface area (Å²) in [6.07, 6.45) is 2.21. The lowest BCUT2D eigenvalue weighted by Crippen LogP contribution is -3.16. The molecule has 2 amide bonds. The van der Waals surface area contributed by atoms with Crippen molar-refractivity contribution in [1.82, 2.24) is 14.8 Å². The minimum atomic E-state index is 0.158. The largest absolute Gasteiger partial charge is 0.344 e. The van der Waals surface area contributed by atoms with Gasteiger partial charge in [0.2, 0.25) is 0 Å². The predicted octanol–water partition coefficient (Wildman–Crippen LogP) is -1.13. The topological polar surface area (TPSA) is 62.4 Å². The van der Waals surface area contributed by atoms with Gasteiger partial charge in [0.05, 0.1) is 54.5 Å². The molecule has 0 aliphatic carbocycles. The summed E-state index contributed by atoms with van der Waals surface area (Å²) in [5.41, 5.74) is 1.11. The van der Waals surface area contributed by atoms with E-state index in [1.165, 1.54) is 19.5 Å². The van der Waals surface area contributed by atoms with Crippen molar-refractivity contribution in [2.75, 3.05) is 66.5 Å². The molecule has 2 aromatic rings. The van der Waals surface area contributed by atoms with E-state index in [1.807, 2.05) is 22.3 Å². The smallest absolute Gasteiger partial charge is 0.278 e. The number of piperazine rings is 1. The van der Waals surface area contributed by atoms with Gasteiger partial charge in [-0.1, -0.05) is 12.1 Å². The highest BCUT2D eigenvalue weighted by Crippen LogP contribution is 2.31. The monoisotopic (exact) mass is 431 g/mol. The summed E-state index contributed by atoms with van der Waals surface area (Å²) in [7, 11) is 3.59. The van der Waals surface area contributed by atoms with Crippen LogP contribution in [0.15, 0.2) is 24.3 Å². The first-order chi connectivity index (χ1) is 14.5. The number of amides is 2. The first-order valence-corrected chi connectivity index (χ1v) is 11.8. The fourth-order valence-corrected chi connectivity index (χ4v) is 5.60. The molecule has 2 aliphatic rings. The molecule has 0 atom stereocenters. The number of nitrogens with zero attached hydrogens (tertiary/aromatic N) is 3. The summed E-state index contributed by atoms with van der Waals surface area (Å²) in [6, 6.07) is 8.36. The zero-order valence-electron chi connectivity index (χ0n) is 18.0. The van der Waals surface area contributed by atoms with E-state index in [2.05, 4.69) is 18.2 Å². The zero-order valence-corrected chi connectivity index (χ0v) is 18.8. The summed E-state index contributed by atoms with van der Waals surface area (Å²) < 4.78 is 1.27. The van der Waals surface area contributed by atoms with Gasteiger partial charge in [0.25, 0.3) is 11.8 Å². The molecular formula is C22H33N5O2S+2. The number of likely N-dealkylation sites (tertiary alicyclic amines) is 1. The summed E-state index contributed by atoms with van der Waals surface area (Å²) in [5, 5.41) is 1.26. The lowest BCUT2D eigenvalue weighted by atomic mass is 9.97. The number of fused-ring (bicyclic) bond motifs is 1. The number of thiazole rings is 1. The number of piperidine rings is 1. The minimum Gasteiger partial charge on any atom is -0.344 e. The molecule has 0 unspecified atom stereocenters. The number of hydrogen-bond acceptors (Lipinski definition) is 4. The van der Waals surface area contributed by atoms with Crippen LogP contribution in [-0.4, -0.2) is 93.1 Å². The van der Waals surface area contributed by atoms with Gasteiger partial charge in [0, 0.05) is 32.9 Å². The molecule has 0 spiro atoms. The van der Waals surface area contributed by atoms with Crippen LogP contribution >= 0.6 is 11.3 Å². The molecule has 2 saturated heterocycles. The van der Waals surface area contributed by atoms with Crippen LogP contribution in [0.1, 0.15) is 23.8 Å². The van der Waals surface area contributed by atoms with Crippen molar-refractivity contribution in [3.63, 3.8) is 0 Å². The van der Waals surface area contributed by atoms with Gasteiger partial charge in [0.1, 0.15) is 0 Å². The molecule has 0 bridgehead atoms. The summed E-state index contributed by atoms with van der Waals surface area (Å²) in [4.78, 5) is 35.8. The Morgan fingerprint density at radius 2 is 1.73 bits per heavy atom. The van der Waals surface area contributed by atoms with E-state index in [0.717, 1.165) is 57.6 Å². The SMILES string of the molecule is CN(C)C(=O)C[NH+]1CCN(C(=O)C[NH+]2CCC(c3nc4ccccc4s3)CC2)CC1. The van der Waals surface area contributed by atoms with E-state index >= 15 is 0 Å². The summed E-state index contributed by atoms with van der Waals surface area (Å²) >= 11 is 1.82. The van der Waals surface area contributed by atoms with Crippen LogP contribution in [0, 0.1) is 0 Å². The maximum absolute atomic E-state index is 12.8. The van der Waals surface area contributed by atoms with Crippen LogP contribution in [0.3, 0.4) is 0 Å². The number of likely N-dealkylation sites (N-methyl/N-ethyl adjacent to an activating group) is 1. The van der Waals surface area contributed by atoms with Gasteiger partial charge in [-0.05, 0) is 12.1 Å². The molecular weight excluding hydrogens is 398 g/mol. The molecule has 162 valence electrons. The van der Waals surface area contributed by atoms with E-state index < -0.39 is 0 Å². The average molecular weight is 432 g/mol. The number of aromatic nitrogens is 1. The third-order valence-electron chi connectivity index (χ3n) is 6.48. The Bertz CT molecular complexity index is 850. The van der Waals surface area contributed by atoms with E-state index in [9.17, 15) is 9.59 Å². The van der Waals surface area contributed by atoms with Crippen LogP contribution in [0.2, 0.25) is 0 Å². The molecule has 0 radical (unpaired) electrons. The van der Waals surface area contributed by atoms with Gasteiger partial charge in [0.15, 0.2) is 13.1 Å². The Morgan fingerprint density at radius 1 is 1.07 bits per heavy atom. The van der Waals surface area contributed by atoms with Crippen molar-refractivity contribution in [2.24, 2.45) is 0 Å². The highest BCUT2D eigenvalue weighted by molar-refractivity contribution is 7.18. The average Bonchev–Trinajstić information content (AvgIpc) is 3.19. The number of benzene rings is 1. The second-order valence-corrected chi connectivity index (χ2v) is 9.88. The molecule has 7 nitrogen and oxygen atoms in total.